The molecule has 32 heteroatoms. The molecule has 4 saturated carbocycles. The summed E-state index contributed by atoms with van der Waals surface area (Å²) >= 11 is 0. The summed E-state index contributed by atoms with van der Waals surface area (Å²) in [7, 11) is 0. The molecule has 10 aliphatic rings. The van der Waals surface area contributed by atoms with Crippen LogP contribution in [-0.2, 0) is 56.9 Å². The second-order valence-corrected chi connectivity index (χ2v) is 27.0. The molecule has 2 bridgehead atoms. The van der Waals surface area contributed by atoms with E-state index >= 15 is 4.79 Å². The molecule has 0 aromatic rings. The van der Waals surface area contributed by atoms with Crippen molar-refractivity contribution < 1.29 is 159 Å². The van der Waals surface area contributed by atoms with E-state index in [1.807, 2.05) is 0 Å². The smallest absolute Gasteiger partial charge is 0.314 e. The molecule has 512 valence electrons. The molecule has 32 nitrogen and oxygen atoms in total. The van der Waals surface area contributed by atoms with Crippen molar-refractivity contribution in [1.82, 2.24) is 0 Å². The van der Waals surface area contributed by atoms with Crippen LogP contribution in [-0.4, -0.2) is 332 Å². The molecule has 0 radical (unpaired) electrons. The molecule has 10 fully saturated rings. The van der Waals surface area contributed by atoms with E-state index < -0.39 is 251 Å². The minimum Gasteiger partial charge on any atom is -0.432 e. The monoisotopic (exact) mass is 1290 g/mol. The van der Waals surface area contributed by atoms with E-state index in [9.17, 15) is 102 Å². The van der Waals surface area contributed by atoms with Gasteiger partial charge in [0.25, 0.3) is 0 Å². The number of carbonyl (C=O) groups is 1. The highest BCUT2D eigenvalue weighted by molar-refractivity contribution is 5.77. The molecule has 32 unspecified atom stereocenters. The molecule has 0 amide bonds. The number of esters is 1. The number of aliphatic hydroxyl groups is 20. The van der Waals surface area contributed by atoms with Gasteiger partial charge in [0.15, 0.2) is 31.3 Å². The minimum absolute atomic E-state index is 0.0203. The summed E-state index contributed by atoms with van der Waals surface area (Å²) < 4.78 is 66.1. The van der Waals surface area contributed by atoms with E-state index in [1.54, 1.807) is 6.92 Å². The molecule has 0 aromatic heterocycles. The van der Waals surface area contributed by atoms with Crippen LogP contribution in [0.1, 0.15) is 78.1 Å². The maximum Gasteiger partial charge on any atom is 0.314 e. The molecule has 20 N–H and O–H groups in total. The Balaban J connectivity index is 0.938. The quantitative estimate of drug-likeness (QED) is 0.0448. The van der Waals surface area contributed by atoms with Crippen molar-refractivity contribution >= 4 is 5.97 Å². The molecular formula is C57H92O32. The van der Waals surface area contributed by atoms with Crippen LogP contribution in [0, 0.1) is 33.5 Å². The van der Waals surface area contributed by atoms with Gasteiger partial charge in [-0.25, -0.2) is 0 Å². The van der Waals surface area contributed by atoms with Crippen molar-refractivity contribution in [1.29, 1.82) is 0 Å². The summed E-state index contributed by atoms with van der Waals surface area (Å²) in [5.74, 6) is -1.18. The first-order valence-electron chi connectivity index (χ1n) is 30.7. The molecule has 6 heterocycles. The van der Waals surface area contributed by atoms with Crippen LogP contribution in [0.25, 0.3) is 0 Å². The second-order valence-electron chi connectivity index (χ2n) is 27.0. The predicted octanol–water partition coefficient (Wildman–Crippen LogP) is -8.80. The number of rotatable bonds is 18. The number of ether oxygens (including phenoxy) is 11. The standard InChI is InChI=1S/C57H92O32/c1-20-11-57-10-5-28-54(2,7-4-8-55(28,3)53(78)89-52-47(40(73)34(67)26(17-62)85-52)88-51-44(77)39(72)33(66)25(16-61)84-51)29(57)6-9-56(20,19-57)12-21-45(86-49-42(75)37(70)31(64)23(14-59)82-49)46(87-50-43(76)38(71)32(65)24(15-60)83-50)35(68)27(80-21)18-79-48-41(74)36(69)30(63)22(13-58)81-48/h21-52,58-77H,1,4-19H2,2-3H3/t21?,22?,23?,24?,25?,26?,27?,28?,29-,30?,31?,32?,33?,34?,35?,36?,37?,38?,39?,40?,41?,42?,43?,44?,45?,46?,47?,48?,49?,50?,51?,52?,54+,55+,56?,57+/m0/s1. The maximum atomic E-state index is 15.1. The number of aliphatic hydroxyl groups excluding tert-OH is 20. The average molecular weight is 1290 g/mol. The van der Waals surface area contributed by atoms with Crippen LogP contribution in [0.5, 0.6) is 0 Å². The van der Waals surface area contributed by atoms with Crippen LogP contribution in [0.2, 0.25) is 0 Å². The summed E-state index contributed by atoms with van der Waals surface area (Å²) in [6, 6.07) is 0. The van der Waals surface area contributed by atoms with E-state index in [0.29, 0.717) is 57.8 Å². The number of fused-ring (bicyclic) bond motifs is 3. The Kier molecular flexibility index (Phi) is 21.4. The van der Waals surface area contributed by atoms with Gasteiger partial charge in [0.05, 0.1) is 51.2 Å². The summed E-state index contributed by atoms with van der Waals surface area (Å²) in [6.07, 6.45) is -48.9. The van der Waals surface area contributed by atoms with Crippen molar-refractivity contribution in [3.05, 3.63) is 12.2 Å². The third kappa shape index (κ3) is 12.4. The van der Waals surface area contributed by atoms with Crippen LogP contribution in [0.3, 0.4) is 0 Å². The van der Waals surface area contributed by atoms with Gasteiger partial charge in [0.1, 0.15) is 140 Å². The van der Waals surface area contributed by atoms with Gasteiger partial charge in [0.2, 0.25) is 6.29 Å². The fourth-order valence-electron chi connectivity index (χ4n) is 17.0. The van der Waals surface area contributed by atoms with Crippen molar-refractivity contribution in [3.8, 4) is 0 Å². The summed E-state index contributed by atoms with van der Waals surface area (Å²) in [5.41, 5.74) is -2.34. The molecule has 89 heavy (non-hydrogen) atoms. The van der Waals surface area contributed by atoms with E-state index in [1.165, 1.54) is 0 Å². The van der Waals surface area contributed by atoms with Gasteiger partial charge in [-0.3, -0.25) is 4.79 Å². The maximum absolute atomic E-state index is 15.1. The summed E-state index contributed by atoms with van der Waals surface area (Å²) in [4.78, 5) is 15.1. The van der Waals surface area contributed by atoms with E-state index in [2.05, 4.69) is 13.5 Å². The molecule has 36 atom stereocenters. The van der Waals surface area contributed by atoms with Gasteiger partial charge < -0.3 is 154 Å². The third-order valence-corrected chi connectivity index (χ3v) is 21.9. The van der Waals surface area contributed by atoms with Crippen molar-refractivity contribution in [2.45, 2.75) is 262 Å². The Morgan fingerprint density at radius 1 is 0.449 bits per heavy atom. The zero-order valence-electron chi connectivity index (χ0n) is 49.3. The van der Waals surface area contributed by atoms with Crippen LogP contribution in [0.4, 0.5) is 0 Å². The topological polar surface area (TPSA) is 523 Å². The molecule has 6 saturated heterocycles. The number of carbonyl (C=O) groups excluding carboxylic acids is 1. The first kappa shape index (κ1) is 69.8. The summed E-state index contributed by atoms with van der Waals surface area (Å²) in [5, 5.41) is 215. The van der Waals surface area contributed by atoms with E-state index in [0.717, 1.165) is 5.57 Å². The van der Waals surface area contributed by atoms with Gasteiger partial charge in [-0.05, 0) is 92.8 Å². The Morgan fingerprint density at radius 2 is 0.876 bits per heavy atom. The van der Waals surface area contributed by atoms with Gasteiger partial charge in [0, 0.05) is 0 Å². The largest absolute Gasteiger partial charge is 0.432 e. The van der Waals surface area contributed by atoms with Crippen LogP contribution in [0.15, 0.2) is 12.2 Å². The fourth-order valence-corrected chi connectivity index (χ4v) is 17.0. The predicted molar refractivity (Wildman–Crippen MR) is 288 cm³/mol. The zero-order chi connectivity index (χ0) is 64.7. The Bertz CT molecular complexity index is 2390. The molecule has 10 rings (SSSR count). The molecule has 1 spiro atoms. The Hall–Kier alpha value is -1.99. The van der Waals surface area contributed by atoms with Gasteiger partial charge in [-0.15, -0.1) is 0 Å². The van der Waals surface area contributed by atoms with Crippen LogP contribution >= 0.6 is 0 Å². The third-order valence-electron chi connectivity index (χ3n) is 21.9. The van der Waals surface area contributed by atoms with Crippen molar-refractivity contribution in [3.63, 3.8) is 0 Å². The second kappa shape index (κ2) is 27.3. The first-order chi connectivity index (χ1) is 42.1. The molecular weight excluding hydrogens is 1200 g/mol. The highest BCUT2D eigenvalue weighted by Crippen LogP contribution is 2.76. The lowest BCUT2D eigenvalue weighted by Crippen LogP contribution is -2.67. The normalized spacial score (nSPS) is 54.5. The zero-order valence-corrected chi connectivity index (χ0v) is 49.3. The summed E-state index contributed by atoms with van der Waals surface area (Å²) in [6.45, 7) is 3.69. The van der Waals surface area contributed by atoms with Crippen molar-refractivity contribution in [2.75, 3.05) is 39.6 Å². The fraction of sp³-hybridized carbons (Fsp3) is 0.947. The lowest BCUT2D eigenvalue weighted by atomic mass is 9.40. The van der Waals surface area contributed by atoms with Gasteiger partial charge in [-0.2, -0.15) is 0 Å². The highest BCUT2D eigenvalue weighted by atomic mass is 16.8. The number of hydrogen-bond donors (Lipinski definition) is 20. The molecule has 4 aliphatic carbocycles. The van der Waals surface area contributed by atoms with Gasteiger partial charge in [-0.1, -0.05) is 25.5 Å². The lowest BCUT2D eigenvalue weighted by molar-refractivity contribution is -0.375. The van der Waals surface area contributed by atoms with E-state index in [-0.39, 0.29) is 18.3 Å². The van der Waals surface area contributed by atoms with Crippen molar-refractivity contribution in [2.24, 2.45) is 33.5 Å². The SMILES string of the molecule is C=C1C[C@@]23CCC4[C@](C)(C(=O)OC5OC(CO)C(O)C(O)C5OC5OC(CO)C(O)C(O)C5O)CCC[C@@]4(C)[C@@H]2CCC1(CC1OC(COC2OC(CO)C(O)C(O)C2O)C(O)C(OC2OC(CO)C(O)C(O)C2O)C1OC1OC(CO)C(O)C(O)C1O)C3. The number of hydrogen-bond acceptors (Lipinski definition) is 32. The average Bonchev–Trinajstić information content (AvgIpc) is 1.62. The van der Waals surface area contributed by atoms with Gasteiger partial charge >= 0.3 is 5.97 Å². The Morgan fingerprint density at radius 3 is 1.37 bits per heavy atom. The number of allylic oxidation sites excluding steroid dienone is 1. The van der Waals surface area contributed by atoms with Crippen LogP contribution < -0.4 is 0 Å². The van der Waals surface area contributed by atoms with E-state index in [4.69, 9.17) is 52.1 Å². The highest BCUT2D eigenvalue weighted by Gasteiger charge is 2.69. The Labute approximate surface area is 511 Å². The molecule has 0 aromatic carbocycles. The molecule has 6 aliphatic heterocycles. The first-order valence-corrected chi connectivity index (χ1v) is 30.7. The minimum atomic E-state index is -2.06. The lowest BCUT2D eigenvalue weighted by Gasteiger charge is -2.64.